The SMILES string of the molecule is N=C(N)c1ccc(CNC(=O)[C@H](Cc2ccccc2)NS(=O)(=O)c2ccc(C(=N)N)cc2)cc1. The predicted molar refractivity (Wildman–Crippen MR) is 131 cm³/mol. The van der Waals surface area contributed by atoms with Crippen molar-refractivity contribution in [2.75, 3.05) is 0 Å². The Morgan fingerprint density at radius 2 is 1.32 bits per heavy atom. The molecule has 0 spiro atoms. The quantitative estimate of drug-likeness (QED) is 0.191. The monoisotopic (exact) mass is 478 g/mol. The maximum Gasteiger partial charge on any atom is 0.241 e. The number of benzene rings is 3. The van der Waals surface area contributed by atoms with Crippen LogP contribution in [0.3, 0.4) is 0 Å². The van der Waals surface area contributed by atoms with Crippen molar-refractivity contribution in [1.29, 1.82) is 10.8 Å². The van der Waals surface area contributed by atoms with Gasteiger partial charge in [0.05, 0.1) is 4.90 Å². The van der Waals surface area contributed by atoms with Crippen molar-refractivity contribution >= 4 is 27.6 Å². The summed E-state index contributed by atoms with van der Waals surface area (Å²) in [5.41, 5.74) is 13.4. The Kier molecular flexibility index (Phi) is 7.77. The zero-order valence-corrected chi connectivity index (χ0v) is 19.1. The first kappa shape index (κ1) is 24.6. The number of amidine groups is 2. The molecule has 0 aliphatic heterocycles. The number of carbonyl (C=O) groups excluding carboxylic acids is 1. The average Bonchev–Trinajstić information content (AvgIpc) is 2.83. The molecule has 8 N–H and O–H groups in total. The van der Waals surface area contributed by atoms with Gasteiger partial charge in [-0.1, -0.05) is 54.6 Å². The Bertz CT molecular complexity index is 1270. The Balaban J connectivity index is 1.77. The minimum absolute atomic E-state index is 0.0387. The van der Waals surface area contributed by atoms with Gasteiger partial charge in [0.2, 0.25) is 15.9 Å². The highest BCUT2D eigenvalue weighted by molar-refractivity contribution is 7.89. The Morgan fingerprint density at radius 1 is 0.794 bits per heavy atom. The molecule has 1 atom stereocenters. The van der Waals surface area contributed by atoms with Crippen LogP contribution in [0.15, 0.2) is 83.8 Å². The van der Waals surface area contributed by atoms with Gasteiger partial charge in [-0.25, -0.2) is 8.42 Å². The number of nitrogens with one attached hydrogen (secondary N) is 4. The van der Waals surface area contributed by atoms with E-state index in [1.807, 2.05) is 30.3 Å². The van der Waals surface area contributed by atoms with E-state index in [1.54, 1.807) is 24.3 Å². The van der Waals surface area contributed by atoms with Gasteiger partial charge in [-0.2, -0.15) is 4.72 Å². The van der Waals surface area contributed by atoms with Crippen molar-refractivity contribution < 1.29 is 13.2 Å². The van der Waals surface area contributed by atoms with Crippen LogP contribution in [-0.4, -0.2) is 32.0 Å². The molecule has 3 aromatic rings. The fourth-order valence-electron chi connectivity index (χ4n) is 3.22. The Morgan fingerprint density at radius 3 is 1.85 bits per heavy atom. The molecular weight excluding hydrogens is 452 g/mol. The lowest BCUT2D eigenvalue weighted by atomic mass is 10.1. The van der Waals surface area contributed by atoms with Gasteiger partial charge in [0, 0.05) is 17.7 Å². The van der Waals surface area contributed by atoms with Crippen molar-refractivity contribution in [2.45, 2.75) is 23.9 Å². The molecular formula is C24H26N6O3S. The topological polar surface area (TPSA) is 175 Å². The predicted octanol–water partition coefficient (Wildman–Crippen LogP) is 1.46. The van der Waals surface area contributed by atoms with Gasteiger partial charge < -0.3 is 16.8 Å². The number of amides is 1. The largest absolute Gasteiger partial charge is 0.384 e. The van der Waals surface area contributed by atoms with Crippen LogP contribution in [0.4, 0.5) is 0 Å². The number of nitrogen functional groups attached to an aromatic ring is 2. The summed E-state index contributed by atoms with van der Waals surface area (Å²) in [4.78, 5) is 13.0. The second-order valence-electron chi connectivity index (χ2n) is 7.63. The van der Waals surface area contributed by atoms with Crippen molar-refractivity contribution in [3.8, 4) is 0 Å². The summed E-state index contributed by atoms with van der Waals surface area (Å²) in [5.74, 6) is -0.706. The standard InChI is InChI=1S/C24H26N6O3S/c25-22(26)18-8-6-17(7-9-18)15-29-24(31)21(14-16-4-2-1-3-5-16)30-34(32,33)20-12-10-19(11-13-20)23(27)28/h1-13,21,30H,14-15H2,(H3,25,26)(H3,27,28)(H,29,31)/t21-/m0/s1. The van der Waals surface area contributed by atoms with E-state index < -0.39 is 22.0 Å². The van der Waals surface area contributed by atoms with Crippen molar-refractivity contribution in [3.63, 3.8) is 0 Å². The third-order valence-corrected chi connectivity index (χ3v) is 6.59. The summed E-state index contributed by atoms with van der Waals surface area (Å²) in [5, 5.41) is 17.7. The molecule has 3 aromatic carbocycles. The van der Waals surface area contributed by atoms with Crippen molar-refractivity contribution in [3.05, 3.63) is 101 Å². The van der Waals surface area contributed by atoms with E-state index in [2.05, 4.69) is 10.0 Å². The summed E-state index contributed by atoms with van der Waals surface area (Å²) in [6.07, 6.45) is 0.153. The lowest BCUT2D eigenvalue weighted by Gasteiger charge is -2.19. The molecule has 0 saturated carbocycles. The second kappa shape index (κ2) is 10.7. The highest BCUT2D eigenvalue weighted by atomic mass is 32.2. The van der Waals surface area contributed by atoms with Crippen molar-refractivity contribution in [1.82, 2.24) is 10.0 Å². The maximum absolute atomic E-state index is 13.0. The summed E-state index contributed by atoms with van der Waals surface area (Å²) >= 11 is 0. The van der Waals surface area contributed by atoms with E-state index in [-0.39, 0.29) is 29.5 Å². The van der Waals surface area contributed by atoms with Crippen LogP contribution in [0.5, 0.6) is 0 Å². The number of rotatable bonds is 10. The average molecular weight is 479 g/mol. The van der Waals surface area contributed by atoms with Gasteiger partial charge in [-0.15, -0.1) is 0 Å². The summed E-state index contributed by atoms with van der Waals surface area (Å²) in [7, 11) is -4.02. The lowest BCUT2D eigenvalue weighted by Crippen LogP contribution is -2.47. The fourth-order valence-corrected chi connectivity index (χ4v) is 4.42. The molecule has 0 fully saturated rings. The van der Waals surface area contributed by atoms with Gasteiger partial charge in [-0.3, -0.25) is 15.6 Å². The summed E-state index contributed by atoms with van der Waals surface area (Å²) in [6, 6.07) is 20.4. The van der Waals surface area contributed by atoms with E-state index in [9.17, 15) is 13.2 Å². The number of hydrogen-bond acceptors (Lipinski definition) is 5. The molecule has 0 aromatic heterocycles. The third kappa shape index (κ3) is 6.50. The Labute approximate surface area is 198 Å². The molecule has 1 amide bonds. The van der Waals surface area contributed by atoms with Gasteiger partial charge in [-0.05, 0) is 41.8 Å². The molecule has 176 valence electrons. The summed E-state index contributed by atoms with van der Waals surface area (Å²) in [6.45, 7) is 0.178. The van der Waals surface area contributed by atoms with Crippen LogP contribution < -0.4 is 21.5 Å². The second-order valence-corrected chi connectivity index (χ2v) is 9.34. The highest BCUT2D eigenvalue weighted by Crippen LogP contribution is 2.13. The zero-order valence-electron chi connectivity index (χ0n) is 18.3. The van der Waals surface area contributed by atoms with Gasteiger partial charge in [0.15, 0.2) is 0 Å². The molecule has 0 radical (unpaired) electrons. The number of nitrogens with two attached hydrogens (primary N) is 2. The zero-order chi connectivity index (χ0) is 24.7. The van der Waals surface area contributed by atoms with Crippen LogP contribution in [0.2, 0.25) is 0 Å². The van der Waals surface area contributed by atoms with Gasteiger partial charge in [0.1, 0.15) is 17.7 Å². The maximum atomic E-state index is 13.0. The molecule has 0 aliphatic rings. The minimum atomic E-state index is -4.02. The first-order valence-electron chi connectivity index (χ1n) is 10.4. The number of sulfonamides is 1. The highest BCUT2D eigenvalue weighted by Gasteiger charge is 2.26. The Hall–Kier alpha value is -4.02. The molecule has 3 rings (SSSR count). The van der Waals surface area contributed by atoms with E-state index in [0.29, 0.717) is 11.1 Å². The van der Waals surface area contributed by atoms with Crippen LogP contribution in [0.1, 0.15) is 22.3 Å². The summed E-state index contributed by atoms with van der Waals surface area (Å²) < 4.78 is 28.5. The van der Waals surface area contributed by atoms with Gasteiger partial charge >= 0.3 is 0 Å². The lowest BCUT2D eigenvalue weighted by molar-refractivity contribution is -0.122. The van der Waals surface area contributed by atoms with E-state index in [0.717, 1.165) is 11.1 Å². The van der Waals surface area contributed by atoms with Crippen molar-refractivity contribution in [2.24, 2.45) is 11.5 Å². The van der Waals surface area contributed by atoms with Gasteiger partial charge in [0.25, 0.3) is 0 Å². The van der Waals surface area contributed by atoms with E-state index in [1.165, 1.54) is 24.3 Å². The molecule has 0 saturated heterocycles. The first-order chi connectivity index (χ1) is 16.2. The van der Waals surface area contributed by atoms with Crippen LogP contribution in [-0.2, 0) is 27.8 Å². The molecule has 34 heavy (non-hydrogen) atoms. The molecule has 0 heterocycles. The molecule has 0 aliphatic carbocycles. The third-order valence-electron chi connectivity index (χ3n) is 5.10. The fraction of sp³-hybridized carbons (Fsp3) is 0.125. The van der Waals surface area contributed by atoms with Crippen LogP contribution >= 0.6 is 0 Å². The number of carbonyl (C=O) groups is 1. The van der Waals surface area contributed by atoms with E-state index in [4.69, 9.17) is 22.3 Å². The van der Waals surface area contributed by atoms with E-state index >= 15 is 0 Å². The molecule has 10 heteroatoms. The van der Waals surface area contributed by atoms with Crippen LogP contribution in [0.25, 0.3) is 0 Å². The minimum Gasteiger partial charge on any atom is -0.384 e. The van der Waals surface area contributed by atoms with Crippen LogP contribution in [0, 0.1) is 10.8 Å². The number of hydrogen-bond donors (Lipinski definition) is 6. The molecule has 9 nitrogen and oxygen atoms in total. The smallest absolute Gasteiger partial charge is 0.241 e. The molecule has 0 unspecified atom stereocenters. The molecule has 0 bridgehead atoms. The normalized spacial score (nSPS) is 12.0. The first-order valence-corrected chi connectivity index (χ1v) is 11.9.